The van der Waals surface area contributed by atoms with Crippen molar-refractivity contribution in [2.24, 2.45) is 0 Å². The van der Waals surface area contributed by atoms with Crippen LogP contribution in [0.1, 0.15) is 42.1 Å². The van der Waals surface area contributed by atoms with Crippen LogP contribution in [0, 0.1) is 0 Å². The maximum absolute atomic E-state index is 12.7. The standard InChI is InChI=1S/C24H27N3O6S/c1-2-24(12-11-21(28)26-23(24)30)18-5-7-19(8-6-18)25-22(29)17-3-9-20(10-4-17)34(31,32)27-13-15-33-16-14-27/h3-10H,2,11-16H2,1H3,(H,25,29)(H,26,28,30). The molecule has 2 aromatic rings. The highest BCUT2D eigenvalue weighted by atomic mass is 32.2. The third kappa shape index (κ3) is 4.61. The van der Waals surface area contributed by atoms with Gasteiger partial charge in [-0.3, -0.25) is 19.7 Å². The summed E-state index contributed by atoms with van der Waals surface area (Å²) in [6, 6.07) is 12.8. The lowest BCUT2D eigenvalue weighted by Crippen LogP contribution is -2.51. The number of sulfonamides is 1. The van der Waals surface area contributed by atoms with Crippen molar-refractivity contribution >= 4 is 33.4 Å². The van der Waals surface area contributed by atoms with Crippen LogP contribution in [0.4, 0.5) is 5.69 Å². The number of morpholine rings is 1. The van der Waals surface area contributed by atoms with E-state index < -0.39 is 15.4 Å². The Bertz CT molecular complexity index is 1190. The summed E-state index contributed by atoms with van der Waals surface area (Å²) in [7, 11) is -3.63. The van der Waals surface area contributed by atoms with E-state index in [1.807, 2.05) is 6.92 Å². The highest BCUT2D eigenvalue weighted by Gasteiger charge is 2.42. The van der Waals surface area contributed by atoms with Crippen molar-refractivity contribution in [1.29, 1.82) is 0 Å². The second kappa shape index (κ2) is 9.65. The summed E-state index contributed by atoms with van der Waals surface area (Å²) in [6.07, 6.45) is 1.28. The highest BCUT2D eigenvalue weighted by molar-refractivity contribution is 7.89. The Kier molecular flexibility index (Phi) is 6.83. The van der Waals surface area contributed by atoms with Gasteiger partial charge in [0.15, 0.2) is 0 Å². The molecule has 2 heterocycles. The molecule has 0 aromatic heterocycles. The minimum Gasteiger partial charge on any atom is -0.379 e. The Hall–Kier alpha value is -3.08. The molecule has 0 saturated carbocycles. The van der Waals surface area contributed by atoms with Gasteiger partial charge in [0.25, 0.3) is 5.91 Å². The van der Waals surface area contributed by atoms with E-state index in [4.69, 9.17) is 4.74 Å². The van der Waals surface area contributed by atoms with Crippen LogP contribution in [0.2, 0.25) is 0 Å². The highest BCUT2D eigenvalue weighted by Crippen LogP contribution is 2.36. The third-order valence-electron chi connectivity index (χ3n) is 6.49. The number of anilines is 1. The largest absolute Gasteiger partial charge is 0.379 e. The molecule has 0 bridgehead atoms. The Morgan fingerprint density at radius 2 is 1.71 bits per heavy atom. The van der Waals surface area contributed by atoms with E-state index in [0.29, 0.717) is 50.4 Å². The van der Waals surface area contributed by atoms with Gasteiger partial charge < -0.3 is 10.1 Å². The first-order chi connectivity index (χ1) is 16.3. The number of nitrogens with zero attached hydrogens (tertiary/aromatic N) is 1. The van der Waals surface area contributed by atoms with Gasteiger partial charge >= 0.3 is 0 Å². The molecule has 180 valence electrons. The minimum atomic E-state index is -3.63. The number of rotatable bonds is 6. The van der Waals surface area contributed by atoms with Gasteiger partial charge in [-0.25, -0.2) is 8.42 Å². The van der Waals surface area contributed by atoms with Crippen LogP contribution in [0.5, 0.6) is 0 Å². The molecule has 10 heteroatoms. The van der Waals surface area contributed by atoms with Crippen molar-refractivity contribution in [3.8, 4) is 0 Å². The van der Waals surface area contributed by atoms with Crippen molar-refractivity contribution < 1.29 is 27.5 Å². The van der Waals surface area contributed by atoms with Crippen molar-refractivity contribution in [2.45, 2.75) is 36.5 Å². The van der Waals surface area contributed by atoms with Crippen LogP contribution in [-0.2, 0) is 29.8 Å². The molecule has 0 radical (unpaired) electrons. The van der Waals surface area contributed by atoms with Crippen LogP contribution in [0.3, 0.4) is 0 Å². The van der Waals surface area contributed by atoms with Crippen molar-refractivity contribution in [2.75, 3.05) is 31.6 Å². The molecular weight excluding hydrogens is 458 g/mol. The predicted octanol–water partition coefficient (Wildman–Crippen LogP) is 2.04. The number of hydrogen-bond donors (Lipinski definition) is 2. The SMILES string of the molecule is CCC1(c2ccc(NC(=O)c3ccc(S(=O)(=O)N4CCOCC4)cc3)cc2)CCC(=O)NC1=O. The summed E-state index contributed by atoms with van der Waals surface area (Å²) >= 11 is 0. The van der Waals surface area contributed by atoms with E-state index in [-0.39, 0.29) is 29.0 Å². The van der Waals surface area contributed by atoms with Crippen LogP contribution in [-0.4, -0.2) is 56.7 Å². The van der Waals surface area contributed by atoms with E-state index in [0.717, 1.165) is 5.56 Å². The van der Waals surface area contributed by atoms with Gasteiger partial charge in [-0.1, -0.05) is 19.1 Å². The predicted molar refractivity (Wildman–Crippen MR) is 125 cm³/mol. The zero-order chi connectivity index (χ0) is 24.3. The third-order valence-corrected chi connectivity index (χ3v) is 8.40. The number of benzene rings is 2. The molecule has 9 nitrogen and oxygen atoms in total. The Morgan fingerprint density at radius 1 is 1.06 bits per heavy atom. The average molecular weight is 486 g/mol. The average Bonchev–Trinajstić information content (AvgIpc) is 2.86. The molecular formula is C24H27N3O6S. The number of nitrogens with one attached hydrogen (secondary N) is 2. The number of imide groups is 1. The summed E-state index contributed by atoms with van der Waals surface area (Å²) in [5, 5.41) is 5.21. The molecule has 2 fully saturated rings. The van der Waals surface area contributed by atoms with Gasteiger partial charge in [-0.2, -0.15) is 4.31 Å². The Balaban J connectivity index is 1.45. The summed E-state index contributed by atoms with van der Waals surface area (Å²) in [6.45, 7) is 3.24. The zero-order valence-corrected chi connectivity index (χ0v) is 19.7. The molecule has 2 saturated heterocycles. The first-order valence-corrected chi connectivity index (χ1v) is 12.6. The second-order valence-corrected chi connectivity index (χ2v) is 10.3. The summed E-state index contributed by atoms with van der Waals surface area (Å²) in [4.78, 5) is 36.9. The van der Waals surface area contributed by atoms with E-state index in [1.165, 1.54) is 28.6 Å². The number of piperidine rings is 1. The Labute approximate surface area is 198 Å². The van der Waals surface area contributed by atoms with Crippen LogP contribution in [0.25, 0.3) is 0 Å². The number of amides is 3. The van der Waals surface area contributed by atoms with Gasteiger partial charge in [0.05, 0.1) is 23.5 Å². The molecule has 0 spiro atoms. The van der Waals surface area contributed by atoms with E-state index in [9.17, 15) is 22.8 Å². The molecule has 2 aliphatic rings. The Morgan fingerprint density at radius 3 is 2.29 bits per heavy atom. The van der Waals surface area contributed by atoms with Crippen molar-refractivity contribution in [1.82, 2.24) is 9.62 Å². The number of carbonyl (C=O) groups is 3. The molecule has 3 amide bonds. The van der Waals surface area contributed by atoms with Gasteiger partial charge in [0.1, 0.15) is 0 Å². The van der Waals surface area contributed by atoms with E-state index in [1.54, 1.807) is 24.3 Å². The fraction of sp³-hybridized carbons (Fsp3) is 0.375. The molecule has 1 atom stereocenters. The van der Waals surface area contributed by atoms with Gasteiger partial charge in [0, 0.05) is 30.8 Å². The topological polar surface area (TPSA) is 122 Å². The van der Waals surface area contributed by atoms with E-state index >= 15 is 0 Å². The summed E-state index contributed by atoms with van der Waals surface area (Å²) in [5.41, 5.74) is 0.881. The quantitative estimate of drug-likeness (QED) is 0.604. The monoisotopic (exact) mass is 485 g/mol. The number of hydrogen-bond acceptors (Lipinski definition) is 6. The second-order valence-electron chi connectivity index (χ2n) is 8.39. The van der Waals surface area contributed by atoms with E-state index in [2.05, 4.69) is 10.6 Å². The van der Waals surface area contributed by atoms with Crippen LogP contribution in [0.15, 0.2) is 53.4 Å². The lowest BCUT2D eigenvalue weighted by molar-refractivity contribution is -0.138. The van der Waals surface area contributed by atoms with Crippen LogP contribution >= 0.6 is 0 Å². The maximum atomic E-state index is 12.7. The van der Waals surface area contributed by atoms with Crippen molar-refractivity contribution in [3.63, 3.8) is 0 Å². The smallest absolute Gasteiger partial charge is 0.255 e. The lowest BCUT2D eigenvalue weighted by atomic mass is 9.72. The first kappa shape index (κ1) is 24.1. The van der Waals surface area contributed by atoms with Gasteiger partial charge in [-0.15, -0.1) is 0 Å². The minimum absolute atomic E-state index is 0.129. The van der Waals surface area contributed by atoms with Gasteiger partial charge in [0.2, 0.25) is 21.8 Å². The number of ether oxygens (including phenoxy) is 1. The lowest BCUT2D eigenvalue weighted by Gasteiger charge is -2.35. The fourth-order valence-corrected chi connectivity index (χ4v) is 5.76. The van der Waals surface area contributed by atoms with Gasteiger partial charge in [-0.05, 0) is 54.8 Å². The number of carbonyl (C=O) groups excluding carboxylic acids is 3. The van der Waals surface area contributed by atoms with Crippen molar-refractivity contribution in [3.05, 3.63) is 59.7 Å². The fourth-order valence-electron chi connectivity index (χ4n) is 4.36. The maximum Gasteiger partial charge on any atom is 0.255 e. The zero-order valence-electron chi connectivity index (χ0n) is 18.9. The molecule has 0 aliphatic carbocycles. The molecule has 4 rings (SSSR count). The summed E-state index contributed by atoms with van der Waals surface area (Å²) in [5.74, 6) is -0.939. The molecule has 1 unspecified atom stereocenters. The molecule has 2 N–H and O–H groups in total. The molecule has 2 aromatic carbocycles. The normalized spacial score (nSPS) is 21.7. The molecule has 34 heavy (non-hydrogen) atoms. The molecule has 2 aliphatic heterocycles. The van der Waals surface area contributed by atoms with Crippen LogP contribution < -0.4 is 10.6 Å². The summed E-state index contributed by atoms with van der Waals surface area (Å²) < 4.78 is 32.1. The first-order valence-electron chi connectivity index (χ1n) is 11.2.